The van der Waals surface area contributed by atoms with E-state index in [-0.39, 0.29) is 11.3 Å². The van der Waals surface area contributed by atoms with Crippen LogP contribution in [0.5, 0.6) is 0 Å². The fourth-order valence-electron chi connectivity index (χ4n) is 2.38. The third kappa shape index (κ3) is 3.68. The minimum absolute atomic E-state index is 0.0109. The van der Waals surface area contributed by atoms with Gasteiger partial charge in [-0.3, -0.25) is 0 Å². The largest absolute Gasteiger partial charge is 0.486 e. The van der Waals surface area contributed by atoms with Crippen molar-refractivity contribution in [2.24, 2.45) is 5.41 Å². The van der Waals surface area contributed by atoms with E-state index in [1.165, 1.54) is 0 Å². The minimum Gasteiger partial charge on any atom is -0.486 e. The zero-order chi connectivity index (χ0) is 16.4. The van der Waals surface area contributed by atoms with E-state index in [2.05, 4.69) is 52.6 Å². The molecule has 2 aliphatic rings. The Bertz CT molecular complexity index is 512. The van der Waals surface area contributed by atoms with Crippen molar-refractivity contribution < 1.29 is 14.2 Å². The van der Waals surface area contributed by atoms with Crippen LogP contribution in [-0.2, 0) is 14.2 Å². The average molecular weight is 340 g/mol. The Kier molecular flexibility index (Phi) is 5.60. The summed E-state index contributed by atoms with van der Waals surface area (Å²) in [5, 5.41) is 1.12. The zero-order valence-electron chi connectivity index (χ0n) is 13.5. The van der Waals surface area contributed by atoms with Crippen molar-refractivity contribution in [3.05, 3.63) is 48.0 Å². The molecule has 1 fully saturated rings. The number of rotatable bonds is 5. The molecule has 5 heteroatoms. The molecule has 0 aromatic rings. The van der Waals surface area contributed by atoms with Gasteiger partial charge in [-0.25, -0.2) is 0 Å². The fourth-order valence-corrected chi connectivity index (χ4v) is 3.91. The van der Waals surface area contributed by atoms with Gasteiger partial charge in [0.2, 0.25) is 5.79 Å². The number of hydrogen-bond acceptors (Lipinski definition) is 4. The third-order valence-corrected chi connectivity index (χ3v) is 5.32. The molecular weight excluding hydrogens is 315 g/mol. The van der Waals surface area contributed by atoms with Crippen molar-refractivity contribution in [1.82, 2.24) is 0 Å². The van der Waals surface area contributed by atoms with Crippen LogP contribution in [-0.4, -0.2) is 30.6 Å². The van der Waals surface area contributed by atoms with Crippen molar-refractivity contribution in [1.29, 1.82) is 0 Å². The molecular formula is C17H25O3PS. The Hall–Kier alpha value is -0.540. The van der Waals surface area contributed by atoms with Crippen molar-refractivity contribution in [2.45, 2.75) is 32.4 Å². The van der Waals surface area contributed by atoms with Crippen LogP contribution in [0.2, 0.25) is 0 Å². The van der Waals surface area contributed by atoms with Gasteiger partial charge in [0.1, 0.15) is 11.6 Å². The van der Waals surface area contributed by atoms with Gasteiger partial charge in [-0.1, -0.05) is 33.1 Å². The first-order valence-corrected chi connectivity index (χ1v) is 9.10. The SMILES string of the molecule is C=CC1=C(/C=C(\C=C)C2(CS)OCC(C)(C)CO2)PC(C)O1. The fraction of sp³-hybridized carbons (Fsp3) is 0.529. The highest BCUT2D eigenvalue weighted by Gasteiger charge is 2.42. The summed E-state index contributed by atoms with van der Waals surface area (Å²) in [5.41, 5.74) is 0.898. The molecule has 0 bridgehead atoms. The van der Waals surface area contributed by atoms with Gasteiger partial charge < -0.3 is 14.2 Å². The predicted molar refractivity (Wildman–Crippen MR) is 96.6 cm³/mol. The number of thiol groups is 1. The summed E-state index contributed by atoms with van der Waals surface area (Å²) in [4.78, 5) is 0. The lowest BCUT2D eigenvalue weighted by atomic mass is 9.93. The maximum atomic E-state index is 6.06. The van der Waals surface area contributed by atoms with E-state index >= 15 is 0 Å². The Morgan fingerprint density at radius 1 is 1.36 bits per heavy atom. The Labute approximate surface area is 140 Å². The zero-order valence-corrected chi connectivity index (χ0v) is 15.4. The molecule has 0 N–H and O–H groups in total. The summed E-state index contributed by atoms with van der Waals surface area (Å²) in [6.07, 6.45) is 5.60. The Morgan fingerprint density at radius 3 is 2.50 bits per heavy atom. The van der Waals surface area contributed by atoms with Crippen molar-refractivity contribution >= 4 is 21.2 Å². The lowest BCUT2D eigenvalue weighted by Crippen LogP contribution is -2.49. The van der Waals surface area contributed by atoms with Crippen LogP contribution in [0.15, 0.2) is 48.0 Å². The van der Waals surface area contributed by atoms with Gasteiger partial charge in [-0.2, -0.15) is 12.6 Å². The van der Waals surface area contributed by atoms with E-state index in [1.807, 2.05) is 0 Å². The summed E-state index contributed by atoms with van der Waals surface area (Å²) >= 11 is 4.46. The quantitative estimate of drug-likeness (QED) is 0.461. The van der Waals surface area contributed by atoms with Crippen LogP contribution in [0.3, 0.4) is 0 Å². The molecule has 0 aliphatic carbocycles. The Balaban J connectivity index is 2.32. The molecule has 2 unspecified atom stereocenters. The van der Waals surface area contributed by atoms with E-state index in [1.54, 1.807) is 12.2 Å². The molecule has 3 nitrogen and oxygen atoms in total. The molecule has 0 spiro atoms. The molecule has 0 radical (unpaired) electrons. The van der Waals surface area contributed by atoms with Gasteiger partial charge in [-0.05, 0) is 27.7 Å². The van der Waals surface area contributed by atoms with Gasteiger partial charge >= 0.3 is 0 Å². The molecule has 0 aromatic carbocycles. The normalized spacial score (nSPS) is 28.5. The lowest BCUT2D eigenvalue weighted by molar-refractivity contribution is -0.263. The van der Waals surface area contributed by atoms with Crippen LogP contribution < -0.4 is 0 Å². The predicted octanol–water partition coefficient (Wildman–Crippen LogP) is 4.25. The second-order valence-electron chi connectivity index (χ2n) is 6.34. The number of ether oxygens (including phenoxy) is 3. The first-order chi connectivity index (χ1) is 10.4. The molecule has 2 atom stereocenters. The van der Waals surface area contributed by atoms with Gasteiger partial charge in [0, 0.05) is 22.1 Å². The smallest absolute Gasteiger partial charge is 0.203 e. The molecule has 122 valence electrons. The number of hydrogen-bond donors (Lipinski definition) is 1. The topological polar surface area (TPSA) is 27.7 Å². The van der Waals surface area contributed by atoms with Crippen LogP contribution in [0.25, 0.3) is 0 Å². The molecule has 0 saturated carbocycles. The van der Waals surface area contributed by atoms with Gasteiger partial charge in [0.25, 0.3) is 0 Å². The van der Waals surface area contributed by atoms with Crippen LogP contribution >= 0.6 is 21.2 Å². The van der Waals surface area contributed by atoms with Crippen molar-refractivity contribution in [3.63, 3.8) is 0 Å². The second kappa shape index (κ2) is 6.92. The Morgan fingerprint density at radius 2 is 2.00 bits per heavy atom. The molecule has 1 saturated heterocycles. The van der Waals surface area contributed by atoms with Crippen LogP contribution in [0.4, 0.5) is 0 Å². The highest BCUT2D eigenvalue weighted by molar-refractivity contribution is 7.80. The summed E-state index contributed by atoms with van der Waals surface area (Å²) in [5.74, 6) is 0.618. The standard InChI is InChI=1S/C17H25O3PS/c1-6-13(8-15-14(7-2)20-12(3)21-15)17(11-22)18-9-16(4,5)10-19-17/h6-8,12,21-22H,1-2,9-11H2,3-5H3/b13-8+. The van der Waals surface area contributed by atoms with Gasteiger partial charge in [-0.15, -0.1) is 0 Å². The second-order valence-corrected chi connectivity index (χ2v) is 8.30. The molecule has 0 aromatic heterocycles. The molecule has 22 heavy (non-hydrogen) atoms. The van der Waals surface area contributed by atoms with E-state index in [0.717, 1.165) is 16.6 Å². The van der Waals surface area contributed by atoms with Crippen LogP contribution in [0.1, 0.15) is 20.8 Å². The first kappa shape index (κ1) is 17.8. The maximum Gasteiger partial charge on any atom is 0.203 e. The van der Waals surface area contributed by atoms with E-state index in [9.17, 15) is 0 Å². The third-order valence-electron chi connectivity index (χ3n) is 3.67. The monoisotopic (exact) mass is 340 g/mol. The molecule has 2 rings (SSSR count). The van der Waals surface area contributed by atoms with E-state index in [4.69, 9.17) is 14.2 Å². The molecule has 2 aliphatic heterocycles. The summed E-state index contributed by atoms with van der Waals surface area (Å²) in [6, 6.07) is 0. The summed E-state index contributed by atoms with van der Waals surface area (Å²) < 4.78 is 17.9. The minimum atomic E-state index is -0.837. The summed E-state index contributed by atoms with van der Waals surface area (Å²) in [7, 11) is 0.573. The van der Waals surface area contributed by atoms with Crippen LogP contribution in [0, 0.1) is 5.41 Å². The summed E-state index contributed by atoms with van der Waals surface area (Å²) in [6.45, 7) is 15.3. The van der Waals surface area contributed by atoms with Gasteiger partial charge in [0.15, 0.2) is 0 Å². The number of allylic oxidation sites excluding steroid dienone is 3. The van der Waals surface area contributed by atoms with E-state index in [0.29, 0.717) is 27.5 Å². The highest BCUT2D eigenvalue weighted by atomic mass is 32.1. The highest BCUT2D eigenvalue weighted by Crippen LogP contribution is 2.44. The molecule has 2 heterocycles. The van der Waals surface area contributed by atoms with E-state index < -0.39 is 5.79 Å². The first-order valence-electron chi connectivity index (χ1n) is 7.39. The van der Waals surface area contributed by atoms with Gasteiger partial charge in [0.05, 0.1) is 13.2 Å². The van der Waals surface area contributed by atoms with Crippen molar-refractivity contribution in [2.75, 3.05) is 19.0 Å². The van der Waals surface area contributed by atoms with Crippen molar-refractivity contribution in [3.8, 4) is 0 Å². The lowest BCUT2D eigenvalue weighted by Gasteiger charge is -2.43. The molecule has 0 amide bonds. The average Bonchev–Trinajstić information content (AvgIpc) is 2.85. The maximum absolute atomic E-state index is 6.06.